The molecule has 0 aliphatic carbocycles. The van der Waals surface area contributed by atoms with Gasteiger partial charge in [0.05, 0.1) is 7.11 Å². The zero-order valence-corrected chi connectivity index (χ0v) is 16.4. The molecule has 0 amide bonds. The maximum atomic E-state index is 13.0. The second kappa shape index (κ2) is 8.94. The van der Waals surface area contributed by atoms with Crippen LogP contribution in [0.4, 0.5) is 16.2 Å². The molecule has 0 radical (unpaired) electrons. The van der Waals surface area contributed by atoms with Crippen molar-refractivity contribution in [3.63, 3.8) is 0 Å². The topological polar surface area (TPSA) is 62.3 Å². The highest BCUT2D eigenvalue weighted by Gasteiger charge is 2.19. The Labute approximate surface area is 164 Å². The molecule has 27 heavy (non-hydrogen) atoms. The van der Waals surface area contributed by atoms with Crippen LogP contribution in [-0.4, -0.2) is 35.3 Å². The van der Waals surface area contributed by atoms with Gasteiger partial charge in [-0.15, -0.1) is 0 Å². The molecule has 1 saturated heterocycles. The van der Waals surface area contributed by atoms with Crippen LogP contribution in [0.3, 0.4) is 0 Å². The third-order valence-corrected chi connectivity index (χ3v) is 4.72. The summed E-state index contributed by atoms with van der Waals surface area (Å²) in [5.41, 5.74) is 0.926. The van der Waals surface area contributed by atoms with E-state index in [2.05, 4.69) is 32.4 Å². The molecule has 1 fully saturated rings. The van der Waals surface area contributed by atoms with Crippen molar-refractivity contribution in [2.75, 3.05) is 30.4 Å². The van der Waals surface area contributed by atoms with Crippen LogP contribution in [0.25, 0.3) is 0 Å². The Morgan fingerprint density at radius 3 is 2.81 bits per heavy atom. The minimum atomic E-state index is -0.260. The van der Waals surface area contributed by atoms with Gasteiger partial charge in [0.25, 0.3) is 0 Å². The molecule has 1 aliphatic heterocycles. The molecular weight excluding hydrogens is 365 g/mol. The van der Waals surface area contributed by atoms with Gasteiger partial charge in [-0.1, -0.05) is 19.1 Å². The van der Waals surface area contributed by atoms with E-state index in [1.807, 2.05) is 6.07 Å². The van der Waals surface area contributed by atoms with E-state index in [1.165, 1.54) is 18.6 Å². The Balaban J connectivity index is 1.65. The van der Waals surface area contributed by atoms with E-state index >= 15 is 0 Å². The van der Waals surface area contributed by atoms with Crippen molar-refractivity contribution in [1.82, 2.24) is 15.3 Å². The number of hydrogen-bond acceptors (Lipinski definition) is 5. The van der Waals surface area contributed by atoms with Crippen molar-refractivity contribution in [2.45, 2.75) is 26.3 Å². The Bertz CT molecular complexity index is 786. The predicted molar refractivity (Wildman–Crippen MR) is 109 cm³/mol. The normalized spacial score (nSPS) is 16.7. The second-order valence-corrected chi connectivity index (χ2v) is 7.13. The first-order chi connectivity index (χ1) is 13.0. The number of anilines is 2. The van der Waals surface area contributed by atoms with Gasteiger partial charge in [0.15, 0.2) is 5.11 Å². The third kappa shape index (κ3) is 5.50. The molecule has 3 rings (SSSR count). The van der Waals surface area contributed by atoms with Gasteiger partial charge in [-0.2, -0.15) is 9.97 Å². The number of piperidine rings is 1. The molecule has 8 heteroatoms. The van der Waals surface area contributed by atoms with Crippen molar-refractivity contribution >= 4 is 29.1 Å². The fourth-order valence-electron chi connectivity index (χ4n) is 3.06. The molecule has 2 N–H and O–H groups in total. The van der Waals surface area contributed by atoms with E-state index in [1.54, 1.807) is 19.2 Å². The summed E-state index contributed by atoms with van der Waals surface area (Å²) < 4.78 is 18.3. The number of halogens is 1. The van der Waals surface area contributed by atoms with Gasteiger partial charge < -0.3 is 20.3 Å². The fourth-order valence-corrected chi connectivity index (χ4v) is 3.23. The molecular formula is C19H24FN5OS. The summed E-state index contributed by atoms with van der Waals surface area (Å²) >= 11 is 5.33. The number of thiocarbonyl (C=S) groups is 1. The van der Waals surface area contributed by atoms with Gasteiger partial charge in [-0.25, -0.2) is 4.39 Å². The van der Waals surface area contributed by atoms with E-state index in [9.17, 15) is 4.39 Å². The summed E-state index contributed by atoms with van der Waals surface area (Å²) in [6, 6.07) is 8.11. The summed E-state index contributed by atoms with van der Waals surface area (Å²) in [5, 5.41) is 6.47. The molecule has 0 bridgehead atoms. The molecule has 6 nitrogen and oxygen atoms in total. The smallest absolute Gasteiger partial charge is 0.234 e. The number of rotatable bonds is 5. The van der Waals surface area contributed by atoms with Crippen LogP contribution in [-0.2, 0) is 6.54 Å². The molecule has 0 unspecified atom stereocenters. The zero-order chi connectivity index (χ0) is 19.2. The number of nitrogens with one attached hydrogen (secondary N) is 2. The van der Waals surface area contributed by atoms with Crippen LogP contribution in [0.5, 0.6) is 5.88 Å². The molecule has 0 saturated carbocycles. The third-order valence-electron chi connectivity index (χ3n) is 4.47. The lowest BCUT2D eigenvalue weighted by atomic mass is 10.0. The Morgan fingerprint density at radius 2 is 2.11 bits per heavy atom. The quantitative estimate of drug-likeness (QED) is 0.761. The number of benzene rings is 1. The molecule has 1 aliphatic rings. The monoisotopic (exact) mass is 389 g/mol. The van der Waals surface area contributed by atoms with Crippen molar-refractivity contribution < 1.29 is 9.13 Å². The number of hydrogen-bond donors (Lipinski definition) is 2. The van der Waals surface area contributed by atoms with E-state index in [-0.39, 0.29) is 5.82 Å². The minimum Gasteiger partial charge on any atom is -0.481 e. The van der Waals surface area contributed by atoms with Gasteiger partial charge in [0, 0.05) is 25.7 Å². The average molecular weight is 390 g/mol. The lowest BCUT2D eigenvalue weighted by molar-refractivity contribution is 0.396. The predicted octanol–water partition coefficient (Wildman–Crippen LogP) is 3.35. The lowest BCUT2D eigenvalue weighted by Gasteiger charge is -2.32. The maximum absolute atomic E-state index is 13.0. The molecule has 1 atom stereocenters. The number of nitrogens with zero attached hydrogens (tertiary/aromatic N) is 3. The SMILES string of the molecule is COc1cc(N2CCC[C@@H](C)C2)nc(NC(=S)NCc2ccc(F)cc2)n1. The number of methoxy groups -OCH3 is 1. The van der Waals surface area contributed by atoms with Gasteiger partial charge >= 0.3 is 0 Å². The standard InChI is InChI=1S/C19H24FN5OS/c1-13-4-3-9-25(12-13)16-10-17(26-2)23-18(22-16)24-19(27)21-11-14-5-7-15(20)8-6-14/h5-8,10,13H,3-4,9,11-12H2,1-2H3,(H2,21,22,23,24,27)/t13-/m1/s1. The Morgan fingerprint density at radius 1 is 1.33 bits per heavy atom. The summed E-state index contributed by atoms with van der Waals surface area (Å²) in [7, 11) is 1.58. The number of ether oxygens (including phenoxy) is 1. The summed E-state index contributed by atoms with van der Waals surface area (Å²) in [4.78, 5) is 11.2. The zero-order valence-electron chi connectivity index (χ0n) is 15.5. The van der Waals surface area contributed by atoms with E-state index in [4.69, 9.17) is 17.0 Å². The first kappa shape index (κ1) is 19.3. The molecule has 2 aromatic rings. The highest BCUT2D eigenvalue weighted by Crippen LogP contribution is 2.25. The summed E-state index contributed by atoms with van der Waals surface area (Å²) in [6.07, 6.45) is 2.38. The molecule has 1 aromatic heterocycles. The van der Waals surface area contributed by atoms with Gasteiger partial charge in [-0.3, -0.25) is 0 Å². The maximum Gasteiger partial charge on any atom is 0.234 e. The van der Waals surface area contributed by atoms with Gasteiger partial charge in [0.1, 0.15) is 11.6 Å². The number of aromatic nitrogens is 2. The Hall–Kier alpha value is -2.48. The van der Waals surface area contributed by atoms with Crippen LogP contribution in [0.15, 0.2) is 30.3 Å². The van der Waals surface area contributed by atoms with Crippen LogP contribution >= 0.6 is 12.2 Å². The highest BCUT2D eigenvalue weighted by molar-refractivity contribution is 7.80. The lowest BCUT2D eigenvalue weighted by Crippen LogP contribution is -2.35. The summed E-state index contributed by atoms with van der Waals surface area (Å²) in [5.74, 6) is 2.08. The average Bonchev–Trinajstić information content (AvgIpc) is 2.67. The van der Waals surface area contributed by atoms with E-state index < -0.39 is 0 Å². The second-order valence-electron chi connectivity index (χ2n) is 6.72. The highest BCUT2D eigenvalue weighted by atomic mass is 32.1. The summed E-state index contributed by atoms with van der Waals surface area (Å²) in [6.45, 7) is 4.66. The molecule has 144 valence electrons. The minimum absolute atomic E-state index is 0.260. The first-order valence-corrected chi connectivity index (χ1v) is 9.41. The van der Waals surface area contributed by atoms with E-state index in [0.29, 0.717) is 29.4 Å². The molecule has 1 aromatic carbocycles. The van der Waals surface area contributed by atoms with Gasteiger partial charge in [-0.05, 0) is 48.7 Å². The van der Waals surface area contributed by atoms with Crippen LogP contribution in [0.2, 0.25) is 0 Å². The van der Waals surface area contributed by atoms with Crippen molar-refractivity contribution in [3.05, 3.63) is 41.7 Å². The first-order valence-electron chi connectivity index (χ1n) is 9.01. The Kier molecular flexibility index (Phi) is 6.39. The van der Waals surface area contributed by atoms with Gasteiger partial charge in [0.2, 0.25) is 11.8 Å². The van der Waals surface area contributed by atoms with Crippen LogP contribution in [0.1, 0.15) is 25.3 Å². The molecule has 2 heterocycles. The van der Waals surface area contributed by atoms with E-state index in [0.717, 1.165) is 30.9 Å². The largest absolute Gasteiger partial charge is 0.481 e. The molecule has 0 spiro atoms. The van der Waals surface area contributed by atoms with Crippen LogP contribution < -0.4 is 20.3 Å². The van der Waals surface area contributed by atoms with Crippen LogP contribution in [0, 0.1) is 11.7 Å². The van der Waals surface area contributed by atoms with Crippen molar-refractivity contribution in [2.24, 2.45) is 5.92 Å². The van der Waals surface area contributed by atoms with Crippen molar-refractivity contribution in [3.8, 4) is 5.88 Å². The fraction of sp³-hybridized carbons (Fsp3) is 0.421. The van der Waals surface area contributed by atoms with Crippen molar-refractivity contribution in [1.29, 1.82) is 0 Å².